The van der Waals surface area contributed by atoms with Gasteiger partial charge in [-0.3, -0.25) is 4.98 Å². The van der Waals surface area contributed by atoms with E-state index in [0.717, 1.165) is 16.5 Å². The van der Waals surface area contributed by atoms with E-state index in [4.69, 9.17) is 10.4 Å². The second-order valence-corrected chi connectivity index (χ2v) is 5.06. The number of rotatable bonds is 4. The fourth-order valence-electron chi connectivity index (χ4n) is 2.50. The number of carbonyl (C=O) groups is 1. The number of carboxylic acids is 1. The highest BCUT2D eigenvalue weighted by molar-refractivity contribution is 6.00. The van der Waals surface area contributed by atoms with Crippen LogP contribution in [-0.4, -0.2) is 20.6 Å². The van der Waals surface area contributed by atoms with Gasteiger partial charge in [-0.1, -0.05) is 18.2 Å². The molecule has 0 radical (unpaired) electrons. The zero-order valence-electron chi connectivity index (χ0n) is 12.2. The third kappa shape index (κ3) is 2.97. The highest BCUT2D eigenvalue weighted by Crippen LogP contribution is 2.24. The molecule has 0 saturated carbocycles. The molecular formula is C18H13N3O2. The fourth-order valence-corrected chi connectivity index (χ4v) is 2.50. The Kier molecular flexibility index (Phi) is 3.89. The molecule has 0 aliphatic rings. The van der Waals surface area contributed by atoms with E-state index in [1.54, 1.807) is 18.5 Å². The van der Waals surface area contributed by atoms with E-state index in [0.29, 0.717) is 12.1 Å². The van der Waals surface area contributed by atoms with Crippen LogP contribution >= 0.6 is 0 Å². The molecule has 2 aromatic heterocycles. The zero-order valence-corrected chi connectivity index (χ0v) is 12.2. The summed E-state index contributed by atoms with van der Waals surface area (Å²) in [6.45, 7) is 0.645. The van der Waals surface area contributed by atoms with Gasteiger partial charge < -0.3 is 9.67 Å². The Morgan fingerprint density at radius 2 is 2.00 bits per heavy atom. The van der Waals surface area contributed by atoms with Crippen LogP contribution in [0.4, 0.5) is 0 Å². The van der Waals surface area contributed by atoms with Gasteiger partial charge in [0, 0.05) is 41.6 Å². The van der Waals surface area contributed by atoms with Crippen molar-refractivity contribution in [1.29, 1.82) is 5.26 Å². The van der Waals surface area contributed by atoms with Crippen LogP contribution in [0.5, 0.6) is 0 Å². The predicted molar refractivity (Wildman–Crippen MR) is 86.5 cm³/mol. The summed E-state index contributed by atoms with van der Waals surface area (Å²) >= 11 is 0. The summed E-state index contributed by atoms with van der Waals surface area (Å²) in [6.07, 6.45) is 6.75. The Morgan fingerprint density at radius 3 is 2.70 bits per heavy atom. The standard InChI is InChI=1S/C18H13N3O2/c19-10-14(18(22)23)9-15-12-21(11-13-5-7-20-8-6-13)17-4-2-1-3-16(15)17/h1-9,12H,11H2,(H,22,23)/b14-9+. The van der Waals surface area contributed by atoms with Gasteiger partial charge in [0.15, 0.2) is 0 Å². The van der Waals surface area contributed by atoms with E-state index in [1.807, 2.05) is 47.2 Å². The normalized spacial score (nSPS) is 11.3. The van der Waals surface area contributed by atoms with Crippen molar-refractivity contribution in [3.8, 4) is 6.07 Å². The number of pyridine rings is 1. The summed E-state index contributed by atoms with van der Waals surface area (Å²) < 4.78 is 2.04. The second-order valence-electron chi connectivity index (χ2n) is 5.06. The molecule has 0 fully saturated rings. The zero-order chi connectivity index (χ0) is 16.2. The van der Waals surface area contributed by atoms with Gasteiger partial charge in [0.2, 0.25) is 0 Å². The molecule has 23 heavy (non-hydrogen) atoms. The molecule has 5 nitrogen and oxygen atoms in total. The van der Waals surface area contributed by atoms with Gasteiger partial charge in [0.05, 0.1) is 0 Å². The van der Waals surface area contributed by atoms with Crippen molar-refractivity contribution < 1.29 is 9.90 Å². The van der Waals surface area contributed by atoms with E-state index in [2.05, 4.69) is 4.98 Å². The summed E-state index contributed by atoms with van der Waals surface area (Å²) in [5, 5.41) is 18.9. The van der Waals surface area contributed by atoms with Crippen molar-refractivity contribution >= 4 is 22.9 Å². The van der Waals surface area contributed by atoms with Gasteiger partial charge >= 0.3 is 5.97 Å². The minimum Gasteiger partial charge on any atom is -0.477 e. The van der Waals surface area contributed by atoms with E-state index in [1.165, 1.54) is 6.08 Å². The first-order valence-electron chi connectivity index (χ1n) is 7.01. The molecule has 1 N–H and O–H groups in total. The maximum atomic E-state index is 11.1. The van der Waals surface area contributed by atoms with Crippen LogP contribution in [0, 0.1) is 11.3 Å². The number of aromatic nitrogens is 2. The SMILES string of the molecule is N#C/C(=C\c1cn(Cc2ccncc2)c2ccccc12)C(=O)O. The Bertz CT molecular complexity index is 934. The number of hydrogen-bond donors (Lipinski definition) is 1. The molecule has 0 saturated heterocycles. The Morgan fingerprint density at radius 1 is 1.26 bits per heavy atom. The second kappa shape index (κ2) is 6.16. The Labute approximate surface area is 132 Å². The number of para-hydroxylation sites is 1. The van der Waals surface area contributed by atoms with E-state index < -0.39 is 5.97 Å². The van der Waals surface area contributed by atoms with E-state index in [-0.39, 0.29) is 5.57 Å². The molecule has 112 valence electrons. The van der Waals surface area contributed by atoms with Crippen LogP contribution in [0.3, 0.4) is 0 Å². The smallest absolute Gasteiger partial charge is 0.346 e. The van der Waals surface area contributed by atoms with Gasteiger partial charge in [0.1, 0.15) is 11.6 Å². The van der Waals surface area contributed by atoms with Gasteiger partial charge in [0.25, 0.3) is 0 Å². The number of nitriles is 1. The van der Waals surface area contributed by atoms with Crippen LogP contribution in [0.25, 0.3) is 17.0 Å². The summed E-state index contributed by atoms with van der Waals surface area (Å²) in [4.78, 5) is 15.1. The van der Waals surface area contributed by atoms with Crippen molar-refractivity contribution in [2.75, 3.05) is 0 Å². The molecule has 0 aliphatic carbocycles. The maximum Gasteiger partial charge on any atom is 0.346 e. The van der Waals surface area contributed by atoms with Crippen molar-refractivity contribution in [2.45, 2.75) is 6.54 Å². The van der Waals surface area contributed by atoms with Crippen LogP contribution in [0.1, 0.15) is 11.1 Å². The molecular weight excluding hydrogens is 290 g/mol. The minimum atomic E-state index is -1.22. The molecule has 3 rings (SSSR count). The topological polar surface area (TPSA) is 78.9 Å². The van der Waals surface area contributed by atoms with E-state index >= 15 is 0 Å². The van der Waals surface area contributed by atoms with Gasteiger partial charge in [-0.05, 0) is 29.8 Å². The molecule has 1 aromatic carbocycles. The first kappa shape index (κ1) is 14.5. The van der Waals surface area contributed by atoms with Crippen LogP contribution in [-0.2, 0) is 11.3 Å². The monoisotopic (exact) mass is 303 g/mol. The van der Waals surface area contributed by atoms with Gasteiger partial charge in [-0.25, -0.2) is 4.79 Å². The third-order valence-electron chi connectivity index (χ3n) is 3.57. The molecule has 3 aromatic rings. The fraction of sp³-hybridized carbons (Fsp3) is 0.0556. The summed E-state index contributed by atoms with van der Waals surface area (Å²) in [7, 11) is 0. The molecule has 0 spiro atoms. The largest absolute Gasteiger partial charge is 0.477 e. The van der Waals surface area contributed by atoms with Gasteiger partial charge in [-0.2, -0.15) is 5.26 Å². The molecule has 0 bridgehead atoms. The third-order valence-corrected chi connectivity index (χ3v) is 3.57. The maximum absolute atomic E-state index is 11.1. The van der Waals surface area contributed by atoms with E-state index in [9.17, 15) is 4.79 Å². The molecule has 5 heteroatoms. The Balaban J connectivity index is 2.11. The summed E-state index contributed by atoms with van der Waals surface area (Å²) in [5.41, 5.74) is 2.51. The van der Waals surface area contributed by atoms with Crippen LogP contribution in [0.2, 0.25) is 0 Å². The van der Waals surface area contributed by atoms with Crippen LogP contribution in [0.15, 0.2) is 60.6 Å². The number of nitrogens with zero attached hydrogens (tertiary/aromatic N) is 3. The Hall–Kier alpha value is -3.39. The first-order valence-corrected chi connectivity index (χ1v) is 7.01. The lowest BCUT2D eigenvalue weighted by Gasteiger charge is -2.04. The number of hydrogen-bond acceptors (Lipinski definition) is 3. The molecule has 0 unspecified atom stereocenters. The molecule has 0 amide bonds. The molecule has 2 heterocycles. The van der Waals surface area contributed by atoms with Gasteiger partial charge in [-0.15, -0.1) is 0 Å². The molecule has 0 atom stereocenters. The van der Waals surface area contributed by atoms with Crippen molar-refractivity contribution in [1.82, 2.24) is 9.55 Å². The average molecular weight is 303 g/mol. The highest BCUT2D eigenvalue weighted by Gasteiger charge is 2.11. The lowest BCUT2D eigenvalue weighted by molar-refractivity contribution is -0.132. The van der Waals surface area contributed by atoms with Crippen molar-refractivity contribution in [2.24, 2.45) is 0 Å². The first-order chi connectivity index (χ1) is 11.2. The number of fused-ring (bicyclic) bond motifs is 1. The number of aliphatic carboxylic acids is 1. The predicted octanol–water partition coefficient (Wildman–Crippen LogP) is 3.08. The summed E-state index contributed by atoms with van der Waals surface area (Å²) in [6, 6.07) is 13.3. The van der Waals surface area contributed by atoms with Crippen molar-refractivity contribution in [3.63, 3.8) is 0 Å². The van der Waals surface area contributed by atoms with Crippen LogP contribution < -0.4 is 0 Å². The quantitative estimate of drug-likeness (QED) is 0.593. The van der Waals surface area contributed by atoms with Crippen molar-refractivity contribution in [3.05, 3.63) is 71.7 Å². The lowest BCUT2D eigenvalue weighted by atomic mass is 10.1. The average Bonchev–Trinajstić information content (AvgIpc) is 2.91. The highest BCUT2D eigenvalue weighted by atomic mass is 16.4. The number of benzene rings is 1. The molecule has 0 aliphatic heterocycles. The number of carboxylic acid groups (broad SMARTS) is 1. The minimum absolute atomic E-state index is 0.281. The lowest BCUT2D eigenvalue weighted by Crippen LogP contribution is -1.98. The summed E-state index contributed by atoms with van der Waals surface area (Å²) in [5.74, 6) is -1.22.